The molecule has 146 valence electrons. The van der Waals surface area contributed by atoms with E-state index in [0.29, 0.717) is 29.0 Å². The summed E-state index contributed by atoms with van der Waals surface area (Å²) >= 11 is 0. The van der Waals surface area contributed by atoms with Gasteiger partial charge in [0.2, 0.25) is 6.79 Å². The summed E-state index contributed by atoms with van der Waals surface area (Å²) in [5.41, 5.74) is 1.92. The number of rotatable bonds is 3. The number of carbonyl (C=O) groups is 2. The van der Waals surface area contributed by atoms with E-state index in [-0.39, 0.29) is 42.0 Å². The van der Waals surface area contributed by atoms with Gasteiger partial charge in [-0.1, -0.05) is 6.07 Å². The fourth-order valence-electron chi connectivity index (χ4n) is 3.65. The van der Waals surface area contributed by atoms with Crippen molar-refractivity contribution in [2.24, 2.45) is 5.92 Å². The van der Waals surface area contributed by atoms with Crippen molar-refractivity contribution in [3.63, 3.8) is 0 Å². The third-order valence-electron chi connectivity index (χ3n) is 5.05. The Bertz CT molecular complexity index is 993. The highest BCUT2D eigenvalue weighted by atomic mass is 16.7. The highest BCUT2D eigenvalue weighted by molar-refractivity contribution is 6.05. The quantitative estimate of drug-likeness (QED) is 0.642. The number of fused-ring (bicyclic) bond motifs is 2. The van der Waals surface area contributed by atoms with Crippen molar-refractivity contribution < 1.29 is 33.6 Å². The van der Waals surface area contributed by atoms with Gasteiger partial charge in [0.05, 0.1) is 12.5 Å². The molecule has 4 rings (SSSR count). The molecule has 0 bridgehead atoms. The van der Waals surface area contributed by atoms with Crippen molar-refractivity contribution in [1.82, 2.24) is 0 Å². The van der Waals surface area contributed by atoms with Crippen LogP contribution in [0, 0.1) is 19.8 Å². The fourth-order valence-corrected chi connectivity index (χ4v) is 3.65. The van der Waals surface area contributed by atoms with Crippen LogP contribution in [0.2, 0.25) is 0 Å². The molecule has 2 aliphatic heterocycles. The molecule has 28 heavy (non-hydrogen) atoms. The molecule has 2 aromatic carbocycles. The number of hydrogen-bond donors (Lipinski definition) is 1. The van der Waals surface area contributed by atoms with Crippen LogP contribution in [0.3, 0.4) is 0 Å². The van der Waals surface area contributed by atoms with Crippen molar-refractivity contribution in [3.8, 4) is 28.7 Å². The van der Waals surface area contributed by atoms with Gasteiger partial charge in [-0.05, 0) is 38.0 Å². The van der Waals surface area contributed by atoms with E-state index in [0.717, 1.165) is 5.56 Å². The van der Waals surface area contributed by atoms with Gasteiger partial charge in [0.15, 0.2) is 17.3 Å². The van der Waals surface area contributed by atoms with E-state index in [1.54, 1.807) is 13.8 Å². The molecule has 0 aromatic heterocycles. The number of phenols is 1. The summed E-state index contributed by atoms with van der Waals surface area (Å²) < 4.78 is 21.7. The smallest absolute Gasteiger partial charge is 0.308 e. The second-order valence-corrected chi connectivity index (χ2v) is 6.99. The van der Waals surface area contributed by atoms with Crippen LogP contribution in [0.1, 0.15) is 34.0 Å². The maximum absolute atomic E-state index is 13.1. The number of Topliss-reactive ketones (excluding diaryl/α,β-unsaturated/α-hetero) is 1. The Morgan fingerprint density at radius 1 is 1.18 bits per heavy atom. The zero-order valence-corrected chi connectivity index (χ0v) is 15.8. The summed E-state index contributed by atoms with van der Waals surface area (Å²) in [5, 5.41) is 10.6. The molecule has 0 aliphatic carbocycles. The van der Waals surface area contributed by atoms with Crippen molar-refractivity contribution in [3.05, 3.63) is 40.5 Å². The van der Waals surface area contributed by atoms with E-state index in [9.17, 15) is 14.7 Å². The summed E-state index contributed by atoms with van der Waals surface area (Å²) in [6.07, 6.45) is 0.443. The van der Waals surface area contributed by atoms with Crippen LogP contribution in [0.25, 0.3) is 0 Å². The Balaban J connectivity index is 1.66. The molecule has 7 nitrogen and oxygen atoms in total. The topological polar surface area (TPSA) is 91.3 Å². The maximum Gasteiger partial charge on any atom is 0.308 e. The van der Waals surface area contributed by atoms with E-state index in [1.165, 1.54) is 6.92 Å². The van der Waals surface area contributed by atoms with E-state index in [1.807, 2.05) is 18.2 Å². The van der Waals surface area contributed by atoms with Gasteiger partial charge >= 0.3 is 5.97 Å². The molecule has 0 spiro atoms. The van der Waals surface area contributed by atoms with Gasteiger partial charge in [-0.3, -0.25) is 9.59 Å². The Kier molecular flexibility index (Phi) is 4.37. The average Bonchev–Trinajstić information content (AvgIpc) is 3.12. The average molecular weight is 384 g/mol. The first-order valence-corrected chi connectivity index (χ1v) is 8.97. The first-order chi connectivity index (χ1) is 13.4. The SMILES string of the molecule is CC(=O)Oc1c(C)c(O)c2c(c1C)OCC(Cc1ccc3c(c1)OCO3)C2=O. The standard InChI is InChI=1S/C21H20O7/c1-10-18(23)17-19(24)14(6-13-4-5-15-16(7-13)27-9-26-15)8-25-21(17)11(2)20(10)28-12(3)22/h4-5,7,14,23H,6,8-9H2,1-3H3. The molecule has 1 atom stereocenters. The Labute approximate surface area is 161 Å². The third-order valence-corrected chi connectivity index (χ3v) is 5.05. The van der Waals surface area contributed by atoms with Crippen molar-refractivity contribution in [2.75, 3.05) is 13.4 Å². The van der Waals surface area contributed by atoms with Gasteiger partial charge in [-0.25, -0.2) is 0 Å². The predicted octanol–water partition coefficient (Wildman–Crippen LogP) is 3.10. The second kappa shape index (κ2) is 6.74. The number of benzene rings is 2. The number of ether oxygens (including phenoxy) is 4. The normalized spacial score (nSPS) is 17.1. The minimum Gasteiger partial charge on any atom is -0.507 e. The van der Waals surface area contributed by atoms with Gasteiger partial charge in [0, 0.05) is 18.1 Å². The summed E-state index contributed by atoms with van der Waals surface area (Å²) in [6, 6.07) is 5.55. The molecule has 0 saturated carbocycles. The lowest BCUT2D eigenvalue weighted by molar-refractivity contribution is -0.131. The minimum absolute atomic E-state index is 0.142. The van der Waals surface area contributed by atoms with Crippen molar-refractivity contribution in [2.45, 2.75) is 27.2 Å². The van der Waals surface area contributed by atoms with Crippen LogP contribution >= 0.6 is 0 Å². The molecule has 0 saturated heterocycles. The summed E-state index contributed by atoms with van der Waals surface area (Å²) in [5.74, 6) is 0.474. The summed E-state index contributed by atoms with van der Waals surface area (Å²) in [6.45, 7) is 4.95. The van der Waals surface area contributed by atoms with Gasteiger partial charge in [-0.2, -0.15) is 0 Å². The zero-order valence-electron chi connectivity index (χ0n) is 15.8. The molecule has 2 heterocycles. The molecule has 7 heteroatoms. The maximum atomic E-state index is 13.1. The first kappa shape index (κ1) is 18.2. The molecular formula is C21H20O7. The van der Waals surface area contributed by atoms with Crippen molar-refractivity contribution >= 4 is 11.8 Å². The lowest BCUT2D eigenvalue weighted by Gasteiger charge is -2.28. The zero-order chi connectivity index (χ0) is 20.0. The van der Waals surface area contributed by atoms with E-state index < -0.39 is 11.9 Å². The van der Waals surface area contributed by atoms with Crippen LogP contribution in [0.15, 0.2) is 18.2 Å². The summed E-state index contributed by atoms with van der Waals surface area (Å²) in [4.78, 5) is 24.5. The number of carbonyl (C=O) groups excluding carboxylic acids is 2. The van der Waals surface area contributed by atoms with E-state index in [4.69, 9.17) is 18.9 Å². The molecule has 1 N–H and O–H groups in total. The fraction of sp³-hybridized carbons (Fsp3) is 0.333. The monoisotopic (exact) mass is 384 g/mol. The highest BCUT2D eigenvalue weighted by Gasteiger charge is 2.35. The minimum atomic E-state index is -0.506. The van der Waals surface area contributed by atoms with Crippen LogP contribution < -0.4 is 18.9 Å². The number of esters is 1. The van der Waals surface area contributed by atoms with Gasteiger partial charge in [0.25, 0.3) is 0 Å². The number of phenolic OH excluding ortho intramolecular Hbond substituents is 1. The lowest BCUT2D eigenvalue weighted by atomic mass is 9.87. The Hall–Kier alpha value is -3.22. The van der Waals surface area contributed by atoms with Gasteiger partial charge in [-0.15, -0.1) is 0 Å². The molecule has 0 amide bonds. The highest BCUT2D eigenvalue weighted by Crippen LogP contribution is 2.45. The second-order valence-electron chi connectivity index (χ2n) is 6.99. The van der Waals surface area contributed by atoms with Crippen LogP contribution in [0.5, 0.6) is 28.7 Å². The lowest BCUT2D eigenvalue weighted by Crippen LogP contribution is -2.30. The first-order valence-electron chi connectivity index (χ1n) is 8.97. The number of aromatic hydroxyl groups is 1. The summed E-state index contributed by atoms with van der Waals surface area (Å²) in [7, 11) is 0. The number of hydrogen-bond acceptors (Lipinski definition) is 7. The molecule has 2 aliphatic rings. The third kappa shape index (κ3) is 2.93. The van der Waals surface area contributed by atoms with Gasteiger partial charge in [0.1, 0.15) is 22.8 Å². The van der Waals surface area contributed by atoms with Crippen LogP contribution in [-0.4, -0.2) is 30.3 Å². The van der Waals surface area contributed by atoms with Gasteiger partial charge < -0.3 is 24.1 Å². The van der Waals surface area contributed by atoms with E-state index in [2.05, 4.69) is 0 Å². The predicted molar refractivity (Wildman–Crippen MR) is 98.5 cm³/mol. The number of ketones is 1. The molecular weight excluding hydrogens is 364 g/mol. The molecule has 1 unspecified atom stereocenters. The Morgan fingerprint density at radius 2 is 1.93 bits per heavy atom. The van der Waals surface area contributed by atoms with Crippen LogP contribution in [-0.2, 0) is 11.2 Å². The molecule has 0 fully saturated rings. The van der Waals surface area contributed by atoms with E-state index >= 15 is 0 Å². The molecule has 2 aromatic rings. The molecule has 0 radical (unpaired) electrons. The van der Waals surface area contributed by atoms with Crippen LogP contribution in [0.4, 0.5) is 0 Å². The Morgan fingerprint density at radius 3 is 2.68 bits per heavy atom. The van der Waals surface area contributed by atoms with Crippen molar-refractivity contribution in [1.29, 1.82) is 0 Å². The largest absolute Gasteiger partial charge is 0.507 e.